The Morgan fingerprint density at radius 2 is 1.77 bits per heavy atom. The molecule has 7 nitrogen and oxygen atoms in total. The standard InChI is InChI=1S/C23H32N4O3/c1-24-11-15-2-4-16(5-3-15)12-25-13-17-6-7-18-14-27(23(30)19(18)10-17)20-8-9-21(28)26-22(20)29/h6-7,10,15-16,20,24-25H,2-5,8-9,11-14H2,1H3,(H,26,28,29). The quantitative estimate of drug-likeness (QED) is 0.592. The van der Waals surface area contributed by atoms with Crippen LogP contribution in [0.15, 0.2) is 18.2 Å². The van der Waals surface area contributed by atoms with Gasteiger partial charge in [-0.25, -0.2) is 0 Å². The predicted molar refractivity (Wildman–Crippen MR) is 114 cm³/mol. The second-order valence-corrected chi connectivity index (χ2v) is 8.97. The van der Waals surface area contributed by atoms with Gasteiger partial charge in [-0.3, -0.25) is 19.7 Å². The highest BCUT2D eigenvalue weighted by molar-refractivity contribution is 6.05. The summed E-state index contributed by atoms with van der Waals surface area (Å²) in [6, 6.07) is 5.47. The molecule has 1 saturated heterocycles. The Labute approximate surface area is 178 Å². The molecule has 0 bridgehead atoms. The van der Waals surface area contributed by atoms with Gasteiger partial charge in [0.1, 0.15) is 6.04 Å². The van der Waals surface area contributed by atoms with E-state index in [9.17, 15) is 14.4 Å². The van der Waals surface area contributed by atoms with Gasteiger partial charge in [0, 0.05) is 25.1 Å². The van der Waals surface area contributed by atoms with Crippen LogP contribution in [-0.4, -0.2) is 48.8 Å². The van der Waals surface area contributed by atoms with E-state index in [1.807, 2.05) is 19.2 Å². The molecule has 4 rings (SSSR count). The fourth-order valence-electron chi connectivity index (χ4n) is 5.06. The lowest BCUT2D eigenvalue weighted by Crippen LogP contribution is -2.52. The predicted octanol–water partition coefficient (Wildman–Crippen LogP) is 1.56. The molecule has 30 heavy (non-hydrogen) atoms. The molecule has 3 aliphatic rings. The number of piperidine rings is 1. The van der Waals surface area contributed by atoms with Crippen molar-refractivity contribution in [3.05, 3.63) is 34.9 Å². The van der Waals surface area contributed by atoms with Crippen molar-refractivity contribution in [2.24, 2.45) is 11.8 Å². The zero-order chi connectivity index (χ0) is 21.1. The van der Waals surface area contributed by atoms with Crippen molar-refractivity contribution in [3.63, 3.8) is 0 Å². The number of carbonyl (C=O) groups is 3. The zero-order valence-corrected chi connectivity index (χ0v) is 17.7. The molecule has 1 aromatic carbocycles. The number of amides is 3. The van der Waals surface area contributed by atoms with E-state index in [1.165, 1.54) is 25.7 Å². The Morgan fingerprint density at radius 3 is 2.47 bits per heavy atom. The fourth-order valence-corrected chi connectivity index (χ4v) is 5.06. The van der Waals surface area contributed by atoms with Crippen LogP contribution < -0.4 is 16.0 Å². The molecule has 2 fully saturated rings. The largest absolute Gasteiger partial charge is 0.322 e. The minimum atomic E-state index is -0.554. The summed E-state index contributed by atoms with van der Waals surface area (Å²) in [6.07, 6.45) is 5.84. The molecule has 2 heterocycles. The van der Waals surface area contributed by atoms with Crippen molar-refractivity contribution in [2.75, 3.05) is 20.1 Å². The molecular weight excluding hydrogens is 380 g/mol. The van der Waals surface area contributed by atoms with Gasteiger partial charge in [0.2, 0.25) is 11.8 Å². The Bertz CT molecular complexity index is 817. The topological polar surface area (TPSA) is 90.5 Å². The molecule has 0 spiro atoms. The van der Waals surface area contributed by atoms with E-state index in [4.69, 9.17) is 0 Å². The van der Waals surface area contributed by atoms with Gasteiger partial charge in [0.25, 0.3) is 5.91 Å². The lowest BCUT2D eigenvalue weighted by Gasteiger charge is -2.29. The Kier molecular flexibility index (Phi) is 6.49. The summed E-state index contributed by atoms with van der Waals surface area (Å²) >= 11 is 0. The van der Waals surface area contributed by atoms with E-state index in [2.05, 4.69) is 22.0 Å². The van der Waals surface area contributed by atoms with Gasteiger partial charge in [-0.2, -0.15) is 0 Å². The molecule has 1 aliphatic carbocycles. The SMILES string of the molecule is CNCC1CCC(CNCc2ccc3c(c2)C(=O)N(C2CCC(=O)NC2=O)C3)CC1. The molecule has 1 unspecified atom stereocenters. The molecule has 0 aromatic heterocycles. The summed E-state index contributed by atoms with van der Waals surface area (Å²) in [5, 5.41) is 9.20. The molecule has 7 heteroatoms. The fraction of sp³-hybridized carbons (Fsp3) is 0.609. The smallest absolute Gasteiger partial charge is 0.255 e. The van der Waals surface area contributed by atoms with E-state index in [1.54, 1.807) is 4.90 Å². The number of fused-ring (bicyclic) bond motifs is 1. The minimum Gasteiger partial charge on any atom is -0.322 e. The number of hydrogen-bond donors (Lipinski definition) is 3. The minimum absolute atomic E-state index is 0.107. The van der Waals surface area contributed by atoms with Gasteiger partial charge in [-0.15, -0.1) is 0 Å². The molecule has 3 N–H and O–H groups in total. The van der Waals surface area contributed by atoms with Crippen molar-refractivity contribution in [3.8, 4) is 0 Å². The molecule has 0 radical (unpaired) electrons. The summed E-state index contributed by atoms with van der Waals surface area (Å²) in [4.78, 5) is 38.1. The first-order chi connectivity index (χ1) is 14.5. The number of nitrogens with one attached hydrogen (secondary N) is 3. The summed E-state index contributed by atoms with van der Waals surface area (Å²) in [5.74, 6) is 0.825. The van der Waals surface area contributed by atoms with E-state index in [-0.39, 0.29) is 24.1 Å². The molecular formula is C23H32N4O3. The molecule has 1 aromatic rings. The van der Waals surface area contributed by atoms with E-state index in [0.717, 1.165) is 42.6 Å². The Balaban J connectivity index is 1.29. The molecule has 1 atom stereocenters. The van der Waals surface area contributed by atoms with Crippen molar-refractivity contribution in [1.82, 2.24) is 20.9 Å². The van der Waals surface area contributed by atoms with Crippen molar-refractivity contribution >= 4 is 17.7 Å². The van der Waals surface area contributed by atoms with E-state index in [0.29, 0.717) is 18.5 Å². The normalized spacial score (nSPS) is 26.6. The number of rotatable bonds is 7. The highest BCUT2D eigenvalue weighted by Crippen LogP contribution is 2.29. The van der Waals surface area contributed by atoms with Crippen LogP contribution in [0, 0.1) is 11.8 Å². The van der Waals surface area contributed by atoms with Crippen molar-refractivity contribution in [1.29, 1.82) is 0 Å². The number of hydrogen-bond acceptors (Lipinski definition) is 5. The van der Waals surface area contributed by atoms with Crippen LogP contribution >= 0.6 is 0 Å². The third-order valence-corrected chi connectivity index (χ3v) is 6.81. The second-order valence-electron chi connectivity index (χ2n) is 8.97. The maximum absolute atomic E-state index is 12.9. The van der Waals surface area contributed by atoms with Crippen LogP contribution in [0.3, 0.4) is 0 Å². The highest BCUT2D eigenvalue weighted by atomic mass is 16.2. The first-order valence-electron chi connectivity index (χ1n) is 11.2. The maximum atomic E-state index is 12.9. The third kappa shape index (κ3) is 4.57. The van der Waals surface area contributed by atoms with E-state index >= 15 is 0 Å². The lowest BCUT2D eigenvalue weighted by molar-refractivity contribution is -0.136. The van der Waals surface area contributed by atoms with Crippen molar-refractivity contribution < 1.29 is 14.4 Å². The van der Waals surface area contributed by atoms with Crippen molar-refractivity contribution in [2.45, 2.75) is 57.7 Å². The van der Waals surface area contributed by atoms with Gasteiger partial charge >= 0.3 is 0 Å². The second kappa shape index (κ2) is 9.27. The maximum Gasteiger partial charge on any atom is 0.255 e. The first kappa shape index (κ1) is 21.0. The monoisotopic (exact) mass is 412 g/mol. The van der Waals surface area contributed by atoms with Crippen LogP contribution in [0.5, 0.6) is 0 Å². The van der Waals surface area contributed by atoms with Gasteiger partial charge in [0.05, 0.1) is 0 Å². The summed E-state index contributed by atoms with van der Waals surface area (Å²) in [6.45, 7) is 3.32. The Morgan fingerprint density at radius 1 is 1.03 bits per heavy atom. The molecule has 2 aliphatic heterocycles. The number of imide groups is 1. The first-order valence-corrected chi connectivity index (χ1v) is 11.2. The molecule has 3 amide bonds. The van der Waals surface area contributed by atoms with Crippen LogP contribution in [0.1, 0.15) is 60.0 Å². The summed E-state index contributed by atoms with van der Waals surface area (Å²) < 4.78 is 0. The lowest BCUT2D eigenvalue weighted by atomic mass is 9.82. The highest BCUT2D eigenvalue weighted by Gasteiger charge is 2.39. The number of carbonyl (C=O) groups excluding carboxylic acids is 3. The van der Waals surface area contributed by atoms with Crippen LogP contribution in [0.2, 0.25) is 0 Å². The van der Waals surface area contributed by atoms with Crippen LogP contribution in [-0.2, 0) is 22.7 Å². The summed E-state index contributed by atoms with van der Waals surface area (Å²) in [7, 11) is 2.03. The average molecular weight is 413 g/mol. The summed E-state index contributed by atoms with van der Waals surface area (Å²) in [5.41, 5.74) is 2.74. The average Bonchev–Trinajstić information content (AvgIpc) is 3.05. The Hall–Kier alpha value is -2.25. The van der Waals surface area contributed by atoms with Crippen LogP contribution in [0.4, 0.5) is 0 Å². The van der Waals surface area contributed by atoms with Gasteiger partial charge < -0.3 is 15.5 Å². The van der Waals surface area contributed by atoms with Gasteiger partial charge in [0.15, 0.2) is 0 Å². The van der Waals surface area contributed by atoms with Gasteiger partial charge in [-0.1, -0.05) is 12.1 Å². The zero-order valence-electron chi connectivity index (χ0n) is 17.7. The number of nitrogens with zero attached hydrogens (tertiary/aromatic N) is 1. The van der Waals surface area contributed by atoms with Gasteiger partial charge in [-0.05, 0) is 81.3 Å². The van der Waals surface area contributed by atoms with E-state index < -0.39 is 6.04 Å². The molecule has 1 saturated carbocycles. The number of benzene rings is 1. The molecule has 162 valence electrons. The third-order valence-electron chi connectivity index (χ3n) is 6.81. The van der Waals surface area contributed by atoms with Crippen LogP contribution in [0.25, 0.3) is 0 Å².